The minimum absolute atomic E-state index is 0.141. The number of hydrogen-bond donors (Lipinski definition) is 2. The van der Waals surface area contributed by atoms with E-state index in [4.69, 9.17) is 5.73 Å². The van der Waals surface area contributed by atoms with Gasteiger partial charge in [0.2, 0.25) is 0 Å². The first-order chi connectivity index (χ1) is 5.65. The molecule has 0 bridgehead atoms. The van der Waals surface area contributed by atoms with Gasteiger partial charge in [-0.15, -0.1) is 0 Å². The Balaban J connectivity index is 3.04. The van der Waals surface area contributed by atoms with Crippen molar-refractivity contribution < 1.29 is 0 Å². The Morgan fingerprint density at radius 1 is 1.58 bits per heavy atom. The van der Waals surface area contributed by atoms with Crippen LogP contribution in [0.5, 0.6) is 0 Å². The summed E-state index contributed by atoms with van der Waals surface area (Å²) in [5.74, 6) is 0. The van der Waals surface area contributed by atoms with Crippen LogP contribution in [0.4, 0.5) is 0 Å². The van der Waals surface area contributed by atoms with Gasteiger partial charge in [0.25, 0.3) is 0 Å². The number of rotatable bonds is 2. The Labute approximate surface area is 86.9 Å². The molecule has 0 radical (unpaired) electrons. The zero-order chi connectivity index (χ0) is 9.14. The van der Waals surface area contributed by atoms with Crippen LogP contribution in [-0.2, 0) is 0 Å². The van der Waals surface area contributed by atoms with E-state index >= 15 is 0 Å². The number of halogens is 1. The van der Waals surface area contributed by atoms with Crippen LogP contribution >= 0.6 is 28.6 Å². The lowest BCUT2D eigenvalue weighted by Crippen LogP contribution is -2.08. The van der Waals surface area contributed by atoms with Gasteiger partial charge in [0.15, 0.2) is 0 Å². The fourth-order valence-electron chi connectivity index (χ4n) is 1.10. The predicted octanol–water partition coefficient (Wildman–Crippen LogP) is 2.69. The average molecular weight is 246 g/mol. The lowest BCUT2D eigenvalue weighted by molar-refractivity contribution is 0.938. The summed E-state index contributed by atoms with van der Waals surface area (Å²) in [5, 5.41) is 0.141. The summed E-state index contributed by atoms with van der Waals surface area (Å²) in [6.07, 6.45) is 0. The van der Waals surface area contributed by atoms with Gasteiger partial charge in [0.05, 0.1) is 0 Å². The third-order valence-electron chi connectivity index (χ3n) is 1.82. The Morgan fingerprint density at radius 2 is 2.25 bits per heavy atom. The fourth-order valence-corrected chi connectivity index (χ4v) is 1.75. The molecule has 0 fully saturated rings. The van der Waals surface area contributed by atoms with Crippen molar-refractivity contribution >= 4 is 28.6 Å². The van der Waals surface area contributed by atoms with Crippen molar-refractivity contribution in [3.05, 3.63) is 33.8 Å². The topological polar surface area (TPSA) is 26.0 Å². The SMILES string of the molecule is Cc1ccc(Br)cc1C(S)CN. The third kappa shape index (κ3) is 2.25. The molecule has 0 aromatic heterocycles. The normalized spacial score (nSPS) is 13.0. The maximum atomic E-state index is 5.53. The molecule has 1 aromatic rings. The van der Waals surface area contributed by atoms with Crippen LogP contribution in [0.25, 0.3) is 0 Å². The fraction of sp³-hybridized carbons (Fsp3) is 0.333. The van der Waals surface area contributed by atoms with Gasteiger partial charge in [-0.3, -0.25) is 0 Å². The minimum Gasteiger partial charge on any atom is -0.329 e. The van der Waals surface area contributed by atoms with Gasteiger partial charge < -0.3 is 5.73 Å². The molecule has 3 heteroatoms. The van der Waals surface area contributed by atoms with E-state index in [0.717, 1.165) is 4.47 Å². The summed E-state index contributed by atoms with van der Waals surface area (Å²) in [6, 6.07) is 6.16. The van der Waals surface area contributed by atoms with Crippen LogP contribution in [0.15, 0.2) is 22.7 Å². The second kappa shape index (κ2) is 4.30. The van der Waals surface area contributed by atoms with E-state index in [0.29, 0.717) is 6.54 Å². The molecule has 12 heavy (non-hydrogen) atoms. The smallest absolute Gasteiger partial charge is 0.0392 e. The number of thiol groups is 1. The van der Waals surface area contributed by atoms with E-state index in [-0.39, 0.29) is 5.25 Å². The Bertz CT molecular complexity index is 275. The standard InChI is InChI=1S/C9H12BrNS/c1-6-2-3-7(10)4-8(6)9(12)5-11/h2-4,9,12H,5,11H2,1H3. The number of nitrogens with two attached hydrogens (primary N) is 1. The van der Waals surface area contributed by atoms with Crippen molar-refractivity contribution in [2.75, 3.05) is 6.54 Å². The van der Waals surface area contributed by atoms with Crippen molar-refractivity contribution in [2.24, 2.45) is 5.73 Å². The van der Waals surface area contributed by atoms with E-state index in [9.17, 15) is 0 Å². The van der Waals surface area contributed by atoms with E-state index in [1.165, 1.54) is 11.1 Å². The second-order valence-corrected chi connectivity index (χ2v) is 4.29. The largest absolute Gasteiger partial charge is 0.329 e. The van der Waals surface area contributed by atoms with Gasteiger partial charge in [-0.2, -0.15) is 12.6 Å². The molecule has 1 unspecified atom stereocenters. The van der Waals surface area contributed by atoms with Crippen molar-refractivity contribution in [1.29, 1.82) is 0 Å². The monoisotopic (exact) mass is 245 g/mol. The molecule has 0 heterocycles. The van der Waals surface area contributed by atoms with Crippen LogP contribution in [0.1, 0.15) is 16.4 Å². The molecular weight excluding hydrogens is 234 g/mol. The van der Waals surface area contributed by atoms with Gasteiger partial charge >= 0.3 is 0 Å². The quantitative estimate of drug-likeness (QED) is 0.771. The molecule has 0 aliphatic rings. The number of hydrogen-bond acceptors (Lipinski definition) is 2. The second-order valence-electron chi connectivity index (χ2n) is 2.75. The molecule has 0 aliphatic carbocycles. The van der Waals surface area contributed by atoms with Crippen LogP contribution in [0, 0.1) is 6.92 Å². The first-order valence-electron chi connectivity index (χ1n) is 3.79. The highest BCUT2D eigenvalue weighted by Crippen LogP contribution is 2.25. The highest BCUT2D eigenvalue weighted by molar-refractivity contribution is 9.10. The molecule has 2 N–H and O–H groups in total. The van der Waals surface area contributed by atoms with E-state index in [1.807, 2.05) is 6.07 Å². The highest BCUT2D eigenvalue weighted by Gasteiger charge is 2.06. The maximum absolute atomic E-state index is 5.53. The highest BCUT2D eigenvalue weighted by atomic mass is 79.9. The summed E-state index contributed by atoms with van der Waals surface area (Å²) < 4.78 is 1.08. The zero-order valence-electron chi connectivity index (χ0n) is 6.92. The molecule has 1 atom stereocenters. The average Bonchev–Trinajstić information content (AvgIpc) is 2.08. The molecular formula is C9H12BrNS. The summed E-state index contributed by atoms with van der Waals surface area (Å²) in [6.45, 7) is 2.64. The number of benzene rings is 1. The summed E-state index contributed by atoms with van der Waals surface area (Å²) >= 11 is 7.81. The summed E-state index contributed by atoms with van der Waals surface area (Å²) in [5.41, 5.74) is 7.97. The predicted molar refractivity (Wildman–Crippen MR) is 59.7 cm³/mol. The molecule has 0 spiro atoms. The molecule has 0 saturated carbocycles. The first-order valence-corrected chi connectivity index (χ1v) is 5.10. The van der Waals surface area contributed by atoms with Crippen molar-refractivity contribution in [3.63, 3.8) is 0 Å². The van der Waals surface area contributed by atoms with E-state index in [2.05, 4.69) is 47.6 Å². The Kier molecular flexibility index (Phi) is 3.62. The first kappa shape index (κ1) is 10.1. The Morgan fingerprint density at radius 3 is 2.83 bits per heavy atom. The molecule has 1 aromatic carbocycles. The maximum Gasteiger partial charge on any atom is 0.0392 e. The van der Waals surface area contributed by atoms with E-state index < -0.39 is 0 Å². The van der Waals surface area contributed by atoms with Crippen LogP contribution in [-0.4, -0.2) is 6.54 Å². The van der Waals surface area contributed by atoms with Crippen LogP contribution in [0.2, 0.25) is 0 Å². The van der Waals surface area contributed by atoms with Gasteiger partial charge in [-0.25, -0.2) is 0 Å². The molecule has 66 valence electrons. The van der Waals surface area contributed by atoms with Crippen molar-refractivity contribution in [2.45, 2.75) is 12.2 Å². The minimum atomic E-state index is 0.141. The number of aryl methyl sites for hydroxylation is 1. The molecule has 0 amide bonds. The van der Waals surface area contributed by atoms with Crippen molar-refractivity contribution in [3.8, 4) is 0 Å². The van der Waals surface area contributed by atoms with Crippen LogP contribution in [0.3, 0.4) is 0 Å². The lowest BCUT2D eigenvalue weighted by Gasteiger charge is -2.11. The van der Waals surface area contributed by atoms with Gasteiger partial charge in [-0.1, -0.05) is 22.0 Å². The molecule has 0 saturated heterocycles. The molecule has 1 rings (SSSR count). The zero-order valence-corrected chi connectivity index (χ0v) is 9.40. The summed E-state index contributed by atoms with van der Waals surface area (Å²) in [7, 11) is 0. The summed E-state index contributed by atoms with van der Waals surface area (Å²) in [4.78, 5) is 0. The molecule has 0 aliphatic heterocycles. The van der Waals surface area contributed by atoms with Crippen LogP contribution < -0.4 is 5.73 Å². The van der Waals surface area contributed by atoms with E-state index in [1.54, 1.807) is 0 Å². The van der Waals surface area contributed by atoms with Crippen molar-refractivity contribution in [1.82, 2.24) is 0 Å². The Hall–Kier alpha value is 0.01000. The third-order valence-corrected chi connectivity index (χ3v) is 2.81. The van der Waals surface area contributed by atoms with Gasteiger partial charge in [0.1, 0.15) is 0 Å². The lowest BCUT2D eigenvalue weighted by atomic mass is 10.1. The van der Waals surface area contributed by atoms with Gasteiger partial charge in [0, 0.05) is 16.3 Å². The van der Waals surface area contributed by atoms with Gasteiger partial charge in [-0.05, 0) is 30.2 Å². The molecule has 1 nitrogen and oxygen atoms in total.